The van der Waals surface area contributed by atoms with Gasteiger partial charge in [-0.1, -0.05) is 30.3 Å². The van der Waals surface area contributed by atoms with Crippen LogP contribution in [0.4, 0.5) is 0 Å². The summed E-state index contributed by atoms with van der Waals surface area (Å²) in [5, 5.41) is 0. The minimum Gasteiger partial charge on any atom is -0.493 e. The summed E-state index contributed by atoms with van der Waals surface area (Å²) in [6.45, 7) is 6.86. The molecule has 4 nitrogen and oxygen atoms in total. The van der Waals surface area contributed by atoms with Gasteiger partial charge in [0, 0.05) is 29.7 Å². The smallest absolute Gasteiger partial charge is 0.166 e. The zero-order chi connectivity index (χ0) is 18.5. The highest BCUT2D eigenvalue weighted by molar-refractivity contribution is 6.16. The number of methoxy groups -OCH3 is 1. The zero-order valence-electron chi connectivity index (χ0n) is 15.9. The van der Waals surface area contributed by atoms with Crippen LogP contribution in [0.25, 0.3) is 0 Å². The summed E-state index contributed by atoms with van der Waals surface area (Å²) in [6, 6.07) is 12.5. The lowest BCUT2D eigenvalue weighted by atomic mass is 9.80. The summed E-state index contributed by atoms with van der Waals surface area (Å²) >= 11 is 0. The third-order valence-electron chi connectivity index (χ3n) is 5.30. The maximum atomic E-state index is 6.24. The predicted octanol–water partition coefficient (Wildman–Crippen LogP) is 3.52. The monoisotopic (exact) mass is 350 g/mol. The van der Waals surface area contributed by atoms with Crippen molar-refractivity contribution < 1.29 is 9.47 Å². The number of fused-ring (bicyclic) bond motifs is 3. The summed E-state index contributed by atoms with van der Waals surface area (Å²) in [6.07, 6.45) is 1.65. The first-order valence-electron chi connectivity index (χ1n) is 9.13. The molecule has 2 N–H and O–H groups in total. The van der Waals surface area contributed by atoms with E-state index in [4.69, 9.17) is 20.2 Å². The standard InChI is InChI=1S/C22H26N2O2/c1-21(2)12-16-18-15(10-17(25-4)20(16)26-21)11-22(3,13-23)24-19(18)14-8-6-5-7-9-14/h5-10H,11-13,23H2,1-4H3. The van der Waals surface area contributed by atoms with E-state index in [1.54, 1.807) is 7.11 Å². The van der Waals surface area contributed by atoms with Gasteiger partial charge in [-0.3, -0.25) is 4.99 Å². The van der Waals surface area contributed by atoms with E-state index in [2.05, 4.69) is 51.1 Å². The maximum Gasteiger partial charge on any atom is 0.166 e. The number of nitrogens with two attached hydrogens (primary N) is 1. The van der Waals surface area contributed by atoms with E-state index in [-0.39, 0.29) is 11.1 Å². The van der Waals surface area contributed by atoms with Crippen molar-refractivity contribution in [2.24, 2.45) is 10.7 Å². The van der Waals surface area contributed by atoms with Gasteiger partial charge < -0.3 is 15.2 Å². The van der Waals surface area contributed by atoms with Crippen LogP contribution in [0.5, 0.6) is 11.5 Å². The van der Waals surface area contributed by atoms with Crippen LogP contribution < -0.4 is 15.2 Å². The first-order valence-corrected chi connectivity index (χ1v) is 9.13. The second-order valence-corrected chi connectivity index (χ2v) is 8.16. The molecular weight excluding hydrogens is 324 g/mol. The molecule has 0 saturated heterocycles. The molecule has 2 aliphatic heterocycles. The van der Waals surface area contributed by atoms with E-state index < -0.39 is 0 Å². The van der Waals surface area contributed by atoms with Crippen LogP contribution in [0.15, 0.2) is 41.4 Å². The number of aliphatic imine (C=N–C) groups is 1. The molecule has 0 aliphatic carbocycles. The molecule has 0 spiro atoms. The van der Waals surface area contributed by atoms with Gasteiger partial charge >= 0.3 is 0 Å². The number of hydrogen-bond donors (Lipinski definition) is 1. The average molecular weight is 350 g/mol. The van der Waals surface area contributed by atoms with Gasteiger partial charge in [0.2, 0.25) is 0 Å². The summed E-state index contributed by atoms with van der Waals surface area (Å²) in [7, 11) is 1.70. The number of hydrogen-bond acceptors (Lipinski definition) is 4. The van der Waals surface area contributed by atoms with Gasteiger partial charge in [-0.05, 0) is 38.8 Å². The Hall–Kier alpha value is -2.33. The second-order valence-electron chi connectivity index (χ2n) is 8.16. The second kappa shape index (κ2) is 5.85. The van der Waals surface area contributed by atoms with E-state index in [1.165, 1.54) is 16.7 Å². The lowest BCUT2D eigenvalue weighted by Gasteiger charge is -2.32. The largest absolute Gasteiger partial charge is 0.493 e. The predicted molar refractivity (Wildman–Crippen MR) is 105 cm³/mol. The van der Waals surface area contributed by atoms with Crippen molar-refractivity contribution >= 4 is 5.71 Å². The van der Waals surface area contributed by atoms with Gasteiger partial charge in [0.1, 0.15) is 5.60 Å². The Labute approximate surface area is 155 Å². The molecule has 4 heteroatoms. The highest BCUT2D eigenvalue weighted by Crippen LogP contribution is 2.47. The Morgan fingerprint density at radius 1 is 1.15 bits per heavy atom. The third-order valence-corrected chi connectivity index (χ3v) is 5.30. The van der Waals surface area contributed by atoms with Crippen molar-refractivity contribution in [3.63, 3.8) is 0 Å². The molecule has 4 rings (SSSR count). The fourth-order valence-electron chi connectivity index (χ4n) is 4.06. The Morgan fingerprint density at radius 2 is 1.88 bits per heavy atom. The van der Waals surface area contributed by atoms with Crippen LogP contribution >= 0.6 is 0 Å². The molecule has 0 amide bonds. The number of benzene rings is 2. The van der Waals surface area contributed by atoms with Gasteiger partial charge in [0.15, 0.2) is 11.5 Å². The summed E-state index contributed by atoms with van der Waals surface area (Å²) in [5.74, 6) is 1.66. The average Bonchev–Trinajstić information content (AvgIpc) is 2.96. The minimum atomic E-state index is -0.313. The molecule has 1 atom stereocenters. The van der Waals surface area contributed by atoms with Crippen molar-refractivity contribution in [1.29, 1.82) is 0 Å². The molecule has 2 aromatic rings. The molecule has 2 aromatic carbocycles. The van der Waals surface area contributed by atoms with E-state index in [0.717, 1.165) is 35.6 Å². The van der Waals surface area contributed by atoms with Crippen molar-refractivity contribution in [2.45, 2.75) is 44.8 Å². The number of nitrogens with zero attached hydrogens (tertiary/aromatic N) is 1. The molecule has 136 valence electrons. The first kappa shape index (κ1) is 17.1. The summed E-state index contributed by atoms with van der Waals surface area (Å²) in [5.41, 5.74) is 11.3. The maximum absolute atomic E-state index is 6.24. The molecule has 26 heavy (non-hydrogen) atoms. The van der Waals surface area contributed by atoms with E-state index in [9.17, 15) is 0 Å². The molecule has 0 bridgehead atoms. The zero-order valence-corrected chi connectivity index (χ0v) is 15.9. The van der Waals surface area contributed by atoms with Crippen LogP contribution in [-0.4, -0.2) is 30.5 Å². The molecule has 0 aromatic heterocycles. The van der Waals surface area contributed by atoms with E-state index in [0.29, 0.717) is 6.54 Å². The highest BCUT2D eigenvalue weighted by atomic mass is 16.5. The molecule has 0 saturated carbocycles. The van der Waals surface area contributed by atoms with Gasteiger partial charge in [-0.25, -0.2) is 0 Å². The van der Waals surface area contributed by atoms with Gasteiger partial charge in [-0.15, -0.1) is 0 Å². The molecule has 2 aliphatic rings. The fourth-order valence-corrected chi connectivity index (χ4v) is 4.06. The van der Waals surface area contributed by atoms with Crippen LogP contribution in [0.1, 0.15) is 43.0 Å². The Morgan fingerprint density at radius 3 is 2.54 bits per heavy atom. The van der Waals surface area contributed by atoms with Crippen LogP contribution in [0, 0.1) is 0 Å². The van der Waals surface area contributed by atoms with Gasteiger partial charge in [0.05, 0.1) is 18.4 Å². The SMILES string of the molecule is COc1cc2c(c3c1OC(C)(C)C3)C(c1ccccc1)=NC(C)(CN)C2. The van der Waals surface area contributed by atoms with Crippen LogP contribution in [0.2, 0.25) is 0 Å². The molecule has 2 heterocycles. The highest BCUT2D eigenvalue weighted by Gasteiger charge is 2.40. The summed E-state index contributed by atoms with van der Waals surface area (Å²) in [4.78, 5) is 5.12. The van der Waals surface area contributed by atoms with Crippen LogP contribution in [0.3, 0.4) is 0 Å². The Balaban J connectivity index is 2.00. The quantitative estimate of drug-likeness (QED) is 0.921. The molecule has 0 radical (unpaired) electrons. The topological polar surface area (TPSA) is 56.8 Å². The minimum absolute atomic E-state index is 0.249. The van der Waals surface area contributed by atoms with Crippen molar-refractivity contribution in [2.75, 3.05) is 13.7 Å². The van der Waals surface area contributed by atoms with Crippen LogP contribution in [-0.2, 0) is 12.8 Å². The number of rotatable bonds is 3. The molecular formula is C22H26N2O2. The van der Waals surface area contributed by atoms with E-state index in [1.807, 2.05) is 6.07 Å². The molecule has 1 unspecified atom stereocenters. The lowest BCUT2D eigenvalue weighted by molar-refractivity contribution is 0.134. The van der Waals surface area contributed by atoms with Crippen molar-refractivity contribution in [3.8, 4) is 11.5 Å². The Kier molecular flexibility index (Phi) is 3.85. The summed E-state index contributed by atoms with van der Waals surface area (Å²) < 4.78 is 11.9. The van der Waals surface area contributed by atoms with Crippen molar-refractivity contribution in [1.82, 2.24) is 0 Å². The first-order chi connectivity index (χ1) is 12.4. The fraction of sp³-hybridized carbons (Fsp3) is 0.409. The van der Waals surface area contributed by atoms with Gasteiger partial charge in [-0.2, -0.15) is 0 Å². The van der Waals surface area contributed by atoms with Gasteiger partial charge in [0.25, 0.3) is 0 Å². The van der Waals surface area contributed by atoms with Crippen molar-refractivity contribution in [3.05, 3.63) is 58.7 Å². The third kappa shape index (κ3) is 2.69. The normalized spacial score (nSPS) is 22.9. The Bertz CT molecular complexity index is 887. The lowest BCUT2D eigenvalue weighted by Crippen LogP contribution is -2.39. The molecule has 0 fully saturated rings. The van der Waals surface area contributed by atoms with E-state index >= 15 is 0 Å². The number of ether oxygens (including phenoxy) is 2.